The number of hydrogen-bond acceptors (Lipinski definition) is 19. The highest BCUT2D eigenvalue weighted by molar-refractivity contribution is 8.00. The molecule has 1 unspecified atom stereocenters. The maximum absolute atomic E-state index is 15.7. The van der Waals surface area contributed by atoms with Crippen LogP contribution < -0.4 is 53.6 Å². The molecular weight excluding hydrogens is 1690 g/mol. The maximum atomic E-state index is 15.7. The van der Waals surface area contributed by atoms with Crippen molar-refractivity contribution in [2.75, 3.05) is 66.4 Å². The van der Waals surface area contributed by atoms with Gasteiger partial charge in [-0.25, -0.2) is 0 Å². The molecule has 36 heteroatoms. The number of rotatable bonds is 23. The number of hydrogen-bond donors (Lipinski definition) is 14. The largest absolute Gasteiger partial charge is 0.508 e. The first kappa shape index (κ1) is 102. The predicted molar refractivity (Wildman–Crippen MR) is 487 cm³/mol. The lowest BCUT2D eigenvalue weighted by molar-refractivity contribution is -0.151. The minimum atomic E-state index is -2.06. The minimum absolute atomic E-state index is 0.0292. The van der Waals surface area contributed by atoms with Crippen LogP contribution in [0.2, 0.25) is 0 Å². The van der Waals surface area contributed by atoms with Gasteiger partial charge in [0, 0.05) is 96.6 Å². The van der Waals surface area contributed by atoms with E-state index >= 15 is 47.9 Å². The molecule has 0 saturated carbocycles. The summed E-state index contributed by atoms with van der Waals surface area (Å²) in [5, 5.41) is 55.8. The Kier molecular flexibility index (Phi) is 37.9. The van der Waals surface area contributed by atoms with E-state index in [0.29, 0.717) is 57.1 Å². The normalized spacial score (nSPS) is 22.4. The summed E-state index contributed by atoms with van der Waals surface area (Å²) in [6, 6.07) is 28.8. The van der Waals surface area contributed by atoms with Crippen LogP contribution in [0.5, 0.6) is 11.5 Å². The second-order valence-corrected chi connectivity index (χ2v) is 34.8. The van der Waals surface area contributed by atoms with Gasteiger partial charge < -0.3 is 98.4 Å². The van der Waals surface area contributed by atoms with E-state index < -0.39 is 198 Å². The molecule has 0 radical (unpaired) electrons. The van der Waals surface area contributed by atoms with Crippen molar-refractivity contribution >= 4 is 117 Å². The zero-order valence-corrected chi connectivity index (χ0v) is 75.8. The number of carboxylic acid groups (broad SMARTS) is 1. The number of thioether (sulfide) groups is 1. The number of benzene rings is 6. The molecule has 6 aromatic carbocycles. The number of aromatic amines is 1. The standard InChI is InChI=1S/C94H120N16O19S/c1-12-13-33-74-90(126)107(8)52-78(114)98-70(48-81(117)118)86(122)104-82(57(4)5)92(128)109(10)75(46-59-27-19-15-20-28-59)87(123)101-71(45-62-36-40-65(112)41-37-62)88(124)106(7)53-79(115)105-94(6,49-63-50-96-67-32-24-23-31-66(63)67)93(129)103-69(43-61-34-38-64(111)39-35-61)85(121)100-68(42-56(2)3)84(120)102-73(83(119)97-51-77(95)113)54-130-55-80(116)99-72(44-58-25-17-14-18-26-58)89(125)110(11)76(91(127)108(74)9)47-60-29-21-16-22-30-60/h14-32,34-41,50,56-57,68-76,82,96,111-112H,12-13,33,42-49,51-55H2,1-11H3,(H2,95,113)(H,97,119)(H,98,114)(H,99,116)(H,100,121)(H,101,123)(H,102,120)(H,103,129)(H,104,122)(H,105,115)(H,117,118)/t68-,69-,70-,71-,72-,73-,74-,75-,76-,82-,94?/m0/s1. The number of carbonyl (C=O) groups excluding carboxylic acids is 15. The number of nitrogens with two attached hydrogens (primary N) is 1. The third-order valence-electron chi connectivity index (χ3n) is 22.4. The summed E-state index contributed by atoms with van der Waals surface area (Å²) in [5.41, 5.74) is 7.03. The minimum Gasteiger partial charge on any atom is -0.508 e. The van der Waals surface area contributed by atoms with E-state index in [1.165, 1.54) is 100 Å². The number of H-pyrrole nitrogens is 1. The molecule has 1 aliphatic heterocycles. The number of unbranched alkanes of at least 4 members (excludes halogenated alkanes) is 1. The Hall–Kier alpha value is -13.7. The summed E-state index contributed by atoms with van der Waals surface area (Å²) in [4.78, 5) is 244. The van der Waals surface area contributed by atoms with Crippen molar-refractivity contribution in [2.45, 2.75) is 178 Å². The number of para-hydroxylation sites is 1. The Balaban J connectivity index is 1.22. The summed E-state index contributed by atoms with van der Waals surface area (Å²) in [7, 11) is 6.54. The number of amides is 15. The van der Waals surface area contributed by atoms with E-state index in [4.69, 9.17) is 5.73 Å². The van der Waals surface area contributed by atoms with Gasteiger partial charge in [0.05, 0.1) is 31.8 Å². The molecule has 0 spiro atoms. The second kappa shape index (κ2) is 48.5. The number of carboxylic acids is 1. The van der Waals surface area contributed by atoms with Crippen LogP contribution >= 0.6 is 11.8 Å². The molecule has 35 nitrogen and oxygen atoms in total. The molecule has 15 amide bonds. The second-order valence-electron chi connectivity index (χ2n) is 33.8. The fraction of sp³-hybridized carbons (Fsp3) is 0.426. The summed E-state index contributed by atoms with van der Waals surface area (Å²) in [6.45, 7) is 7.55. The van der Waals surface area contributed by atoms with Crippen LogP contribution in [-0.4, -0.2) is 272 Å². The first-order chi connectivity index (χ1) is 61.7. The van der Waals surface area contributed by atoms with E-state index in [9.17, 15) is 44.1 Å². The Morgan fingerprint density at radius 1 is 0.500 bits per heavy atom. The Bertz CT molecular complexity index is 5120. The molecule has 0 aliphatic carbocycles. The monoisotopic (exact) mass is 1810 g/mol. The number of phenols is 2. The van der Waals surface area contributed by atoms with Gasteiger partial charge in [-0.3, -0.25) is 76.7 Å². The van der Waals surface area contributed by atoms with Crippen molar-refractivity contribution in [2.24, 2.45) is 17.6 Å². The zero-order chi connectivity index (χ0) is 95.2. The molecule has 2 heterocycles. The van der Waals surface area contributed by atoms with Gasteiger partial charge in [-0.1, -0.05) is 181 Å². The van der Waals surface area contributed by atoms with Gasteiger partial charge in [0.15, 0.2) is 0 Å². The highest BCUT2D eigenvalue weighted by Gasteiger charge is 2.44. The Labute approximate surface area is 759 Å². The number of nitrogens with one attached hydrogen (secondary N) is 10. The summed E-state index contributed by atoms with van der Waals surface area (Å²) in [6.07, 6.45) is 0.0344. The molecule has 0 bridgehead atoms. The van der Waals surface area contributed by atoms with Crippen LogP contribution in [0, 0.1) is 11.8 Å². The Morgan fingerprint density at radius 3 is 1.53 bits per heavy atom. The first-order valence-corrected chi connectivity index (χ1v) is 44.2. The van der Waals surface area contributed by atoms with Crippen LogP contribution in [0.1, 0.15) is 107 Å². The first-order valence-electron chi connectivity index (χ1n) is 43.0. The van der Waals surface area contributed by atoms with Gasteiger partial charge in [0.1, 0.15) is 77.5 Å². The van der Waals surface area contributed by atoms with Crippen molar-refractivity contribution in [3.05, 3.63) is 203 Å². The Morgan fingerprint density at radius 2 is 0.977 bits per heavy atom. The van der Waals surface area contributed by atoms with Crippen LogP contribution in [-0.2, 0) is 115 Å². The molecule has 696 valence electrons. The number of likely N-dealkylation sites (N-methyl/N-ethyl adjacent to an activating group) is 5. The third kappa shape index (κ3) is 30.0. The van der Waals surface area contributed by atoms with Crippen molar-refractivity contribution in [3.8, 4) is 11.5 Å². The lowest BCUT2D eigenvalue weighted by Gasteiger charge is -2.37. The molecule has 1 aliphatic rings. The number of aromatic nitrogens is 1. The molecule has 11 atom stereocenters. The van der Waals surface area contributed by atoms with Crippen LogP contribution in [0.4, 0.5) is 0 Å². The maximum Gasteiger partial charge on any atom is 0.305 e. The topological polar surface area (TPSA) is 500 Å². The van der Waals surface area contributed by atoms with Crippen LogP contribution in [0.3, 0.4) is 0 Å². The molecule has 8 rings (SSSR count). The van der Waals surface area contributed by atoms with Crippen LogP contribution in [0.15, 0.2) is 170 Å². The van der Waals surface area contributed by atoms with E-state index in [1.54, 1.807) is 149 Å². The number of carbonyl (C=O) groups is 16. The molecule has 1 fully saturated rings. The third-order valence-corrected chi connectivity index (χ3v) is 23.5. The average molecular weight is 1810 g/mol. The van der Waals surface area contributed by atoms with Crippen molar-refractivity contribution in [3.63, 3.8) is 0 Å². The summed E-state index contributed by atoms with van der Waals surface area (Å²) < 4.78 is 0. The highest BCUT2D eigenvalue weighted by atomic mass is 32.2. The summed E-state index contributed by atoms with van der Waals surface area (Å²) >= 11 is 0.829. The van der Waals surface area contributed by atoms with Crippen LogP contribution in [0.25, 0.3) is 10.9 Å². The SMILES string of the molecule is CCCC[C@H]1C(=O)N(C)CC(=O)N[C@@H](CC(=O)O)C(=O)N[C@@H](C(C)C)C(=O)N(C)[C@@H](Cc2ccccc2)C(=O)N[C@@H](Cc2ccc(O)cc2)C(=O)N(C)CC(=O)NC(C)(Cc2c[nH]c3ccccc23)C(=O)N[C@@H](Cc2ccc(O)cc2)C(=O)N[C@@H](CC(C)C)C(=O)N[C@H](C(=O)NCC(N)=O)CSCC(=O)N[C@@H](Cc2ccccc2)C(=O)N(C)[C@@H](Cc2ccccc2)C(=O)N1C. The lowest BCUT2D eigenvalue weighted by Crippen LogP contribution is -2.64. The predicted octanol–water partition coefficient (Wildman–Crippen LogP) is 2.72. The number of fused-ring (bicyclic) bond motifs is 1. The zero-order valence-electron chi connectivity index (χ0n) is 75.0. The smallest absolute Gasteiger partial charge is 0.305 e. The van der Waals surface area contributed by atoms with Gasteiger partial charge in [-0.05, 0) is 95.3 Å². The van der Waals surface area contributed by atoms with Crippen molar-refractivity contribution in [1.29, 1.82) is 0 Å². The molecule has 130 heavy (non-hydrogen) atoms. The van der Waals surface area contributed by atoms with Crippen molar-refractivity contribution in [1.82, 2.24) is 77.3 Å². The quantitative estimate of drug-likeness (QED) is 0.0438. The van der Waals surface area contributed by atoms with Gasteiger partial charge in [0.25, 0.3) is 0 Å². The molecule has 15 N–H and O–H groups in total. The van der Waals surface area contributed by atoms with Gasteiger partial charge >= 0.3 is 5.97 Å². The summed E-state index contributed by atoms with van der Waals surface area (Å²) in [5.74, 6) is -17.5. The number of phenolic OH excluding ortho intramolecular Hbond substituents is 2. The molecular formula is C94H120N16O19S. The lowest BCUT2D eigenvalue weighted by atomic mass is 9.90. The fourth-order valence-electron chi connectivity index (χ4n) is 15.2. The number of aromatic hydroxyl groups is 2. The van der Waals surface area contributed by atoms with Gasteiger partial charge in [-0.15, -0.1) is 11.8 Å². The van der Waals surface area contributed by atoms with E-state index in [1.807, 2.05) is 6.92 Å². The van der Waals surface area contributed by atoms with Crippen molar-refractivity contribution < 1.29 is 92.0 Å². The average Bonchev–Trinajstić information content (AvgIpc) is 1.60. The number of aliphatic carboxylic acids is 1. The number of nitrogens with zero attached hydrogens (tertiary/aromatic N) is 5. The van der Waals surface area contributed by atoms with E-state index in [2.05, 4.69) is 52.8 Å². The van der Waals surface area contributed by atoms with Gasteiger partial charge in [-0.2, -0.15) is 0 Å². The fourth-order valence-corrected chi connectivity index (χ4v) is 16.1. The molecule has 1 aromatic heterocycles. The van der Waals surface area contributed by atoms with E-state index in [-0.39, 0.29) is 74.5 Å². The highest BCUT2D eigenvalue weighted by Crippen LogP contribution is 2.27. The van der Waals surface area contributed by atoms with Gasteiger partial charge in [0.2, 0.25) is 88.6 Å². The molecule has 1 saturated heterocycles. The number of primary amides is 1. The molecule has 7 aromatic rings. The van der Waals surface area contributed by atoms with E-state index in [0.717, 1.165) is 26.5 Å².